The van der Waals surface area contributed by atoms with Crippen LogP contribution in [0.15, 0.2) is 5.38 Å². The summed E-state index contributed by atoms with van der Waals surface area (Å²) >= 11 is 1.62. The number of hydrogen-bond donors (Lipinski definition) is 1. The maximum absolute atomic E-state index is 12.0. The zero-order chi connectivity index (χ0) is 14.4. The van der Waals surface area contributed by atoms with E-state index in [-0.39, 0.29) is 18.1 Å². The molecule has 0 radical (unpaired) electrons. The van der Waals surface area contributed by atoms with Gasteiger partial charge in [-0.05, 0) is 33.1 Å². The van der Waals surface area contributed by atoms with Crippen molar-refractivity contribution in [2.45, 2.75) is 59.7 Å². The molecule has 0 bridgehead atoms. The van der Waals surface area contributed by atoms with E-state index in [1.165, 1.54) is 0 Å². The van der Waals surface area contributed by atoms with Crippen LogP contribution in [0.2, 0.25) is 0 Å². The van der Waals surface area contributed by atoms with Gasteiger partial charge in [-0.25, -0.2) is 4.98 Å². The summed E-state index contributed by atoms with van der Waals surface area (Å²) in [5, 5.41) is 6.32. The predicted octanol–water partition coefficient (Wildman–Crippen LogP) is 2.91. The third kappa shape index (κ3) is 6.16. The first-order valence-electron chi connectivity index (χ1n) is 6.73. The number of thiazole rings is 1. The maximum Gasteiger partial charge on any atom is 0.323 e. The second-order valence-corrected chi connectivity index (χ2v) is 6.47. The van der Waals surface area contributed by atoms with Crippen LogP contribution in [0.25, 0.3) is 0 Å². The SMILES string of the molecule is Cc1nc(CN[C@@H](CC(C)C)C(=O)OC(C)C)cs1. The van der Waals surface area contributed by atoms with E-state index >= 15 is 0 Å². The molecule has 1 N–H and O–H groups in total. The van der Waals surface area contributed by atoms with Crippen molar-refractivity contribution in [3.63, 3.8) is 0 Å². The van der Waals surface area contributed by atoms with Crippen molar-refractivity contribution in [2.24, 2.45) is 5.92 Å². The molecule has 1 aromatic heterocycles. The van der Waals surface area contributed by atoms with Gasteiger partial charge in [0, 0.05) is 11.9 Å². The van der Waals surface area contributed by atoms with Crippen LogP contribution in [0.1, 0.15) is 44.8 Å². The third-order valence-electron chi connectivity index (χ3n) is 2.54. The van der Waals surface area contributed by atoms with Crippen molar-refractivity contribution in [3.8, 4) is 0 Å². The number of esters is 1. The molecular weight excluding hydrogens is 260 g/mol. The Morgan fingerprint density at radius 1 is 1.42 bits per heavy atom. The maximum atomic E-state index is 12.0. The molecule has 0 aliphatic carbocycles. The quantitative estimate of drug-likeness (QED) is 0.782. The molecule has 1 aromatic rings. The zero-order valence-electron chi connectivity index (χ0n) is 12.4. The molecule has 0 saturated heterocycles. The van der Waals surface area contributed by atoms with Gasteiger partial charge in [0.2, 0.25) is 0 Å². The normalized spacial score (nSPS) is 13.0. The van der Waals surface area contributed by atoms with E-state index in [1.807, 2.05) is 26.2 Å². The van der Waals surface area contributed by atoms with Gasteiger partial charge in [0.15, 0.2) is 0 Å². The number of carbonyl (C=O) groups excluding carboxylic acids is 1. The number of nitrogens with one attached hydrogen (secondary N) is 1. The summed E-state index contributed by atoms with van der Waals surface area (Å²) in [5.74, 6) is 0.269. The number of carbonyl (C=O) groups is 1. The van der Waals surface area contributed by atoms with Crippen LogP contribution in [-0.2, 0) is 16.1 Å². The van der Waals surface area contributed by atoms with Gasteiger partial charge in [0.25, 0.3) is 0 Å². The van der Waals surface area contributed by atoms with Crippen molar-refractivity contribution in [2.75, 3.05) is 0 Å². The molecular formula is C14H24N2O2S. The number of rotatable bonds is 7. The van der Waals surface area contributed by atoms with Crippen molar-refractivity contribution < 1.29 is 9.53 Å². The zero-order valence-corrected chi connectivity index (χ0v) is 13.2. The Labute approximate surface area is 119 Å². The molecule has 1 heterocycles. The highest BCUT2D eigenvalue weighted by Crippen LogP contribution is 2.11. The lowest BCUT2D eigenvalue weighted by atomic mass is 10.0. The first-order chi connectivity index (χ1) is 8.88. The summed E-state index contributed by atoms with van der Waals surface area (Å²) in [6.45, 7) is 10.5. The Balaban J connectivity index is 2.56. The molecule has 19 heavy (non-hydrogen) atoms. The number of aryl methyl sites for hydroxylation is 1. The predicted molar refractivity (Wildman–Crippen MR) is 78.2 cm³/mol. The van der Waals surface area contributed by atoms with E-state index in [2.05, 4.69) is 24.1 Å². The van der Waals surface area contributed by atoms with Gasteiger partial charge in [0.1, 0.15) is 6.04 Å². The highest BCUT2D eigenvalue weighted by Gasteiger charge is 2.21. The Morgan fingerprint density at radius 2 is 2.11 bits per heavy atom. The molecule has 108 valence electrons. The fourth-order valence-electron chi connectivity index (χ4n) is 1.77. The number of nitrogens with zero attached hydrogens (tertiary/aromatic N) is 1. The molecule has 0 amide bonds. The van der Waals surface area contributed by atoms with Crippen LogP contribution in [-0.4, -0.2) is 23.1 Å². The molecule has 0 aliphatic rings. The van der Waals surface area contributed by atoms with E-state index < -0.39 is 0 Å². The third-order valence-corrected chi connectivity index (χ3v) is 3.36. The smallest absolute Gasteiger partial charge is 0.323 e. The van der Waals surface area contributed by atoms with Crippen LogP contribution in [0.4, 0.5) is 0 Å². The molecule has 0 unspecified atom stereocenters. The second-order valence-electron chi connectivity index (χ2n) is 5.41. The summed E-state index contributed by atoms with van der Waals surface area (Å²) in [4.78, 5) is 16.4. The summed E-state index contributed by atoms with van der Waals surface area (Å²) in [5.41, 5.74) is 0.980. The molecule has 0 spiro atoms. The summed E-state index contributed by atoms with van der Waals surface area (Å²) in [7, 11) is 0. The van der Waals surface area contributed by atoms with Gasteiger partial charge >= 0.3 is 5.97 Å². The van der Waals surface area contributed by atoms with Crippen molar-refractivity contribution in [1.29, 1.82) is 0 Å². The van der Waals surface area contributed by atoms with Gasteiger partial charge in [-0.15, -0.1) is 11.3 Å². The molecule has 5 heteroatoms. The second kappa shape index (κ2) is 7.60. The first-order valence-corrected chi connectivity index (χ1v) is 7.61. The Morgan fingerprint density at radius 3 is 2.58 bits per heavy atom. The van der Waals surface area contributed by atoms with Crippen molar-refractivity contribution >= 4 is 17.3 Å². The monoisotopic (exact) mass is 284 g/mol. The minimum Gasteiger partial charge on any atom is -0.462 e. The fourth-order valence-corrected chi connectivity index (χ4v) is 2.38. The van der Waals surface area contributed by atoms with E-state index in [4.69, 9.17) is 4.74 Å². The standard InChI is InChI=1S/C14H24N2O2S/c1-9(2)6-13(14(17)18-10(3)4)15-7-12-8-19-11(5)16-12/h8-10,13,15H,6-7H2,1-5H3/t13-/m0/s1. The highest BCUT2D eigenvalue weighted by molar-refractivity contribution is 7.09. The molecule has 4 nitrogen and oxygen atoms in total. The van der Waals surface area contributed by atoms with Gasteiger partial charge in [-0.3, -0.25) is 10.1 Å². The molecule has 1 atom stereocenters. The van der Waals surface area contributed by atoms with E-state index in [9.17, 15) is 4.79 Å². The number of hydrogen-bond acceptors (Lipinski definition) is 5. The fraction of sp³-hybridized carbons (Fsp3) is 0.714. The van der Waals surface area contributed by atoms with Crippen LogP contribution in [0.5, 0.6) is 0 Å². The highest BCUT2D eigenvalue weighted by atomic mass is 32.1. The summed E-state index contributed by atoms with van der Waals surface area (Å²) < 4.78 is 5.29. The van der Waals surface area contributed by atoms with Gasteiger partial charge in [0.05, 0.1) is 16.8 Å². The van der Waals surface area contributed by atoms with Crippen LogP contribution in [0, 0.1) is 12.8 Å². The molecule has 0 aromatic carbocycles. The molecule has 0 saturated carbocycles. The lowest BCUT2D eigenvalue weighted by Gasteiger charge is -2.20. The molecule has 1 rings (SSSR count). The van der Waals surface area contributed by atoms with Crippen LogP contribution < -0.4 is 5.32 Å². The first kappa shape index (κ1) is 16.1. The van der Waals surface area contributed by atoms with Crippen LogP contribution in [0.3, 0.4) is 0 Å². The van der Waals surface area contributed by atoms with Crippen molar-refractivity contribution in [1.82, 2.24) is 10.3 Å². The topological polar surface area (TPSA) is 51.2 Å². The summed E-state index contributed by atoms with van der Waals surface area (Å²) in [6, 6.07) is -0.260. The Bertz CT molecular complexity index is 402. The minimum atomic E-state index is -0.260. The molecule has 0 fully saturated rings. The lowest BCUT2D eigenvalue weighted by Crippen LogP contribution is -2.39. The van der Waals surface area contributed by atoms with Crippen molar-refractivity contribution in [3.05, 3.63) is 16.1 Å². The average molecular weight is 284 g/mol. The largest absolute Gasteiger partial charge is 0.462 e. The van der Waals surface area contributed by atoms with Gasteiger partial charge in [-0.2, -0.15) is 0 Å². The Kier molecular flexibility index (Phi) is 6.45. The van der Waals surface area contributed by atoms with E-state index in [1.54, 1.807) is 11.3 Å². The van der Waals surface area contributed by atoms with Crippen LogP contribution >= 0.6 is 11.3 Å². The van der Waals surface area contributed by atoms with Gasteiger partial charge in [-0.1, -0.05) is 13.8 Å². The minimum absolute atomic E-state index is 0.0783. The van der Waals surface area contributed by atoms with E-state index in [0.29, 0.717) is 12.5 Å². The van der Waals surface area contributed by atoms with E-state index in [0.717, 1.165) is 17.1 Å². The summed E-state index contributed by atoms with van der Waals surface area (Å²) in [6.07, 6.45) is 0.694. The van der Waals surface area contributed by atoms with Gasteiger partial charge < -0.3 is 4.74 Å². The number of aromatic nitrogens is 1. The Hall–Kier alpha value is -0.940. The lowest BCUT2D eigenvalue weighted by molar-refractivity contribution is -0.150. The number of ether oxygens (including phenoxy) is 1. The molecule has 0 aliphatic heterocycles. The average Bonchev–Trinajstić information content (AvgIpc) is 2.68.